The average molecular weight is 1000 g/mol. The molecule has 0 bridgehead atoms. The summed E-state index contributed by atoms with van der Waals surface area (Å²) in [6.45, 7) is 18.6. The minimum absolute atomic E-state index is 0.0611. The Bertz CT molecular complexity index is 900. The van der Waals surface area contributed by atoms with E-state index in [9.17, 15) is 0 Å². The van der Waals surface area contributed by atoms with E-state index < -0.39 is 0 Å². The highest BCUT2D eigenvalue weighted by Gasteiger charge is 2.13. The van der Waals surface area contributed by atoms with Crippen LogP contribution in [-0.2, 0) is 42.6 Å². The molecule has 0 fully saturated rings. The Balaban J connectivity index is -0.000000962. The Morgan fingerprint density at radius 3 is 0.797 bits per heavy atom. The molecule has 0 aromatic carbocycles. The molecule has 0 aliphatic heterocycles. The van der Waals surface area contributed by atoms with Crippen molar-refractivity contribution >= 4 is 0 Å². The molecule has 0 heterocycles. The first-order valence-electron chi connectivity index (χ1n) is 27.7. The maximum absolute atomic E-state index is 8.67. The van der Waals surface area contributed by atoms with Crippen LogP contribution in [0.2, 0.25) is 0 Å². The molecule has 15 heteroatoms. The summed E-state index contributed by atoms with van der Waals surface area (Å²) >= 11 is 0. The number of rotatable bonds is 54. The maximum Gasteiger partial charge on any atom is 0.0820 e. The van der Waals surface area contributed by atoms with Crippen LogP contribution in [0.5, 0.6) is 0 Å². The van der Waals surface area contributed by atoms with Crippen molar-refractivity contribution in [2.75, 3.05) is 181 Å². The summed E-state index contributed by atoms with van der Waals surface area (Å²) in [6, 6.07) is 0. The number of aliphatic hydroxyl groups excluding tert-OH is 3. The van der Waals surface area contributed by atoms with Crippen LogP contribution in [0.4, 0.5) is 0 Å². The Labute approximate surface area is 426 Å². The third kappa shape index (κ3) is 67.4. The molecule has 0 aromatic rings. The largest absolute Gasteiger partial charge is 0.394 e. The van der Waals surface area contributed by atoms with Crippen LogP contribution in [0.1, 0.15) is 156 Å². The minimum atomic E-state index is 0.0611. The van der Waals surface area contributed by atoms with Crippen LogP contribution in [-0.4, -0.2) is 229 Å². The van der Waals surface area contributed by atoms with Crippen molar-refractivity contribution in [3.8, 4) is 0 Å². The van der Waals surface area contributed by atoms with Gasteiger partial charge in [0.05, 0.1) is 117 Å². The van der Waals surface area contributed by atoms with Gasteiger partial charge in [0.25, 0.3) is 0 Å². The number of hydrogen-bond acceptors (Lipinski definition) is 15. The Hall–Kier alpha value is -0.600. The monoisotopic (exact) mass is 1000 g/mol. The van der Waals surface area contributed by atoms with Crippen LogP contribution in [0.3, 0.4) is 0 Å². The number of aliphatic hydroxyl groups is 3. The summed E-state index contributed by atoms with van der Waals surface area (Å²) in [5.74, 6) is 0. The zero-order valence-electron chi connectivity index (χ0n) is 46.8. The maximum atomic E-state index is 8.67. The van der Waals surface area contributed by atoms with Gasteiger partial charge in [-0.3, -0.25) is 0 Å². The lowest BCUT2D eigenvalue weighted by Gasteiger charge is -2.20. The molecule has 0 saturated carbocycles. The second-order valence-electron chi connectivity index (χ2n) is 18.8. The van der Waals surface area contributed by atoms with Gasteiger partial charge in [0, 0.05) is 39.5 Å². The molecule has 0 spiro atoms. The van der Waals surface area contributed by atoms with E-state index >= 15 is 0 Å². The van der Waals surface area contributed by atoms with E-state index in [0.717, 1.165) is 84.4 Å². The van der Waals surface area contributed by atoms with Gasteiger partial charge in [-0.05, 0) is 80.8 Å². The average Bonchev–Trinajstić information content (AvgIpc) is 3.33. The Morgan fingerprint density at radius 2 is 0.536 bits per heavy atom. The quantitative estimate of drug-likeness (QED) is 0.0503. The van der Waals surface area contributed by atoms with Gasteiger partial charge < -0.3 is 72.7 Å². The summed E-state index contributed by atoms with van der Waals surface area (Å²) in [7, 11) is 12.5. The third-order valence-corrected chi connectivity index (χ3v) is 11.0. The van der Waals surface area contributed by atoms with Crippen molar-refractivity contribution in [2.45, 2.75) is 174 Å². The highest BCUT2D eigenvalue weighted by atomic mass is 16.6. The highest BCUT2D eigenvalue weighted by Crippen LogP contribution is 2.12. The Kier molecular flexibility index (Phi) is 66.9. The van der Waals surface area contributed by atoms with Crippen LogP contribution in [0.15, 0.2) is 0 Å². The van der Waals surface area contributed by atoms with Crippen LogP contribution in [0.25, 0.3) is 0 Å². The third-order valence-electron chi connectivity index (χ3n) is 11.0. The van der Waals surface area contributed by atoms with E-state index in [1.165, 1.54) is 89.9 Å². The van der Waals surface area contributed by atoms with Gasteiger partial charge in [-0.15, -0.1) is 0 Å². The van der Waals surface area contributed by atoms with Gasteiger partial charge in [0.2, 0.25) is 0 Å². The van der Waals surface area contributed by atoms with Gasteiger partial charge in [-0.2, -0.15) is 0 Å². The first-order chi connectivity index (χ1) is 33.6. The fourth-order valence-electron chi connectivity index (χ4n) is 6.71. The van der Waals surface area contributed by atoms with Gasteiger partial charge >= 0.3 is 0 Å². The molecule has 0 aliphatic rings. The number of ether oxygens (including phenoxy) is 9. The molecule has 0 saturated heterocycles. The first kappa shape index (κ1) is 72.6. The molecular formula is C54H117N3O12. The van der Waals surface area contributed by atoms with Crippen LogP contribution >= 0.6 is 0 Å². The number of hydrogen-bond donors (Lipinski definition) is 3. The van der Waals surface area contributed by atoms with Gasteiger partial charge in [0.15, 0.2) is 0 Å². The Morgan fingerprint density at radius 1 is 0.290 bits per heavy atom. The number of unbranched alkanes of at least 4 members (excludes halogenated alkanes) is 15. The van der Waals surface area contributed by atoms with Crippen molar-refractivity contribution < 1.29 is 58.0 Å². The van der Waals surface area contributed by atoms with Gasteiger partial charge in [0.1, 0.15) is 0 Å². The van der Waals surface area contributed by atoms with Crippen molar-refractivity contribution in [1.82, 2.24) is 14.7 Å². The lowest BCUT2D eigenvalue weighted by atomic mass is 10.1. The van der Waals surface area contributed by atoms with Crippen molar-refractivity contribution in [3.05, 3.63) is 0 Å². The smallest absolute Gasteiger partial charge is 0.0820 e. The van der Waals surface area contributed by atoms with E-state index in [1.807, 2.05) is 0 Å². The first-order valence-corrected chi connectivity index (χ1v) is 27.7. The van der Waals surface area contributed by atoms with Crippen molar-refractivity contribution in [1.29, 1.82) is 0 Å². The van der Waals surface area contributed by atoms with E-state index in [-0.39, 0.29) is 38.1 Å². The predicted octanol–water partition coefficient (Wildman–Crippen LogP) is 8.13. The highest BCUT2D eigenvalue weighted by molar-refractivity contribution is 4.62. The summed E-state index contributed by atoms with van der Waals surface area (Å²) < 4.78 is 50.3. The van der Waals surface area contributed by atoms with Crippen molar-refractivity contribution in [2.24, 2.45) is 0 Å². The molecule has 0 rings (SSSR count). The second-order valence-corrected chi connectivity index (χ2v) is 18.8. The van der Waals surface area contributed by atoms with Crippen LogP contribution < -0.4 is 0 Å². The number of nitrogens with zero attached hydrogens (tertiary/aromatic N) is 3. The van der Waals surface area contributed by atoms with Gasteiger partial charge in [-0.1, -0.05) is 117 Å². The summed E-state index contributed by atoms with van der Waals surface area (Å²) in [5, 5.41) is 25.9. The fraction of sp³-hybridized carbons (Fsp3) is 1.00. The summed E-state index contributed by atoms with van der Waals surface area (Å²) in [4.78, 5) is 6.51. The second kappa shape index (κ2) is 63.5. The molecule has 0 amide bonds. The van der Waals surface area contributed by atoms with Gasteiger partial charge in [-0.25, -0.2) is 0 Å². The zero-order chi connectivity index (χ0) is 51.5. The van der Waals surface area contributed by atoms with E-state index in [0.29, 0.717) is 79.3 Å². The minimum Gasteiger partial charge on any atom is -0.394 e. The molecule has 3 atom stereocenters. The predicted molar refractivity (Wildman–Crippen MR) is 285 cm³/mol. The normalized spacial score (nSPS) is 12.9. The molecule has 420 valence electrons. The topological polar surface area (TPSA) is 153 Å². The molecule has 0 aliphatic carbocycles. The van der Waals surface area contributed by atoms with Crippen LogP contribution in [0, 0.1) is 0 Å². The van der Waals surface area contributed by atoms with Crippen molar-refractivity contribution in [3.63, 3.8) is 0 Å². The lowest BCUT2D eigenvalue weighted by Crippen LogP contribution is -2.27. The molecule has 3 unspecified atom stereocenters. The van der Waals surface area contributed by atoms with E-state index in [1.54, 1.807) is 0 Å². The lowest BCUT2D eigenvalue weighted by molar-refractivity contribution is -0.0390. The van der Waals surface area contributed by atoms with E-state index in [4.69, 9.17) is 58.0 Å². The molecule has 3 N–H and O–H groups in total. The summed E-state index contributed by atoms with van der Waals surface area (Å²) in [5.41, 5.74) is 0. The standard InChI is InChI=1S/C22H47NO4.C18H39NO4.C14H31NO4/c1-4-5-6-7-8-9-10-11-12-13-17-27-22(14-15-23(2)3)21-26-20-19-25-18-16-24;1-4-5-6-7-8-9-13-23-18(10-11-19(2)3)17-22-16-15-21-14-12-20;1-4-5-9-19-14(6-7-15(2)3)13-18-12-11-17-10-8-16/h22,24H,4-21H2,1-3H3;18,20H,4-17H2,1-3H3;14,16H,4-13H2,1-3H3. The summed E-state index contributed by atoms with van der Waals surface area (Å²) in [6.07, 6.45) is 26.8. The zero-order valence-corrected chi connectivity index (χ0v) is 46.8. The fourth-order valence-corrected chi connectivity index (χ4v) is 6.71. The molecule has 0 radical (unpaired) electrons. The molecule has 15 nitrogen and oxygen atoms in total. The molecule has 69 heavy (non-hydrogen) atoms. The molecule has 0 aromatic heterocycles. The van der Waals surface area contributed by atoms with E-state index in [2.05, 4.69) is 77.8 Å². The SMILES string of the molecule is CCCCCCCCCCCCOC(CCN(C)C)COCCOCCO.CCCCCCCCOC(CCN(C)C)COCCOCCO.CCCCOC(CCN(C)C)COCCOCCO. The molecular weight excluding hydrogens is 883 g/mol.